The van der Waals surface area contributed by atoms with E-state index in [9.17, 15) is 4.79 Å². The van der Waals surface area contributed by atoms with Crippen molar-refractivity contribution in [2.24, 2.45) is 0 Å². The molecule has 0 fully saturated rings. The minimum absolute atomic E-state index is 0.300. The Morgan fingerprint density at radius 3 is 2.32 bits per heavy atom. The fraction of sp³-hybridized carbons (Fsp3) is 0.148. The summed E-state index contributed by atoms with van der Waals surface area (Å²) in [4.78, 5) is 19.7. The Hall–Kier alpha value is -3.90. The Labute approximate surface area is 204 Å². The molecule has 34 heavy (non-hydrogen) atoms. The zero-order valence-electron chi connectivity index (χ0n) is 19.4. The lowest BCUT2D eigenvalue weighted by Crippen LogP contribution is -2.14. The predicted octanol–water partition coefficient (Wildman–Crippen LogP) is 5.94. The van der Waals surface area contributed by atoms with Gasteiger partial charge >= 0.3 is 0 Å². The summed E-state index contributed by atoms with van der Waals surface area (Å²) in [5.74, 6) is 0.572. The minimum atomic E-state index is -0.300. The fourth-order valence-electron chi connectivity index (χ4n) is 3.31. The van der Waals surface area contributed by atoms with Crippen molar-refractivity contribution in [3.05, 3.63) is 101 Å². The predicted molar refractivity (Wildman–Crippen MR) is 139 cm³/mol. The molecule has 0 atom stereocenters. The van der Waals surface area contributed by atoms with Crippen LogP contribution >= 0.6 is 11.6 Å². The van der Waals surface area contributed by atoms with E-state index in [-0.39, 0.29) is 5.91 Å². The molecule has 4 aromatic rings. The van der Waals surface area contributed by atoms with Gasteiger partial charge < -0.3 is 10.2 Å². The van der Waals surface area contributed by atoms with Gasteiger partial charge in [-0.25, -0.2) is 0 Å². The summed E-state index contributed by atoms with van der Waals surface area (Å²) in [6, 6.07) is 23.4. The first-order valence-corrected chi connectivity index (χ1v) is 11.3. The lowest BCUT2D eigenvalue weighted by Gasteiger charge is -2.13. The van der Waals surface area contributed by atoms with Crippen LogP contribution < -0.4 is 10.2 Å². The van der Waals surface area contributed by atoms with Gasteiger partial charge in [0, 0.05) is 43.0 Å². The smallest absolute Gasteiger partial charge is 0.274 e. The second kappa shape index (κ2) is 10.4. The van der Waals surface area contributed by atoms with E-state index in [4.69, 9.17) is 11.6 Å². The molecule has 0 radical (unpaired) electrons. The van der Waals surface area contributed by atoms with Crippen LogP contribution in [0.3, 0.4) is 0 Å². The maximum absolute atomic E-state index is 13.0. The van der Waals surface area contributed by atoms with Crippen LogP contribution in [-0.4, -0.2) is 34.8 Å². The molecule has 1 aromatic heterocycles. The second-order valence-electron chi connectivity index (χ2n) is 8.17. The number of anilines is 2. The van der Waals surface area contributed by atoms with Gasteiger partial charge in [-0.3, -0.25) is 4.79 Å². The standard InChI is InChI=1S/C27H26ClN5O/c1-19-4-11-22(12-5-19)26-30-27(29-18-21-8-15-24(16-9-21)32(2)3)33(31-26)25(34)17-10-20-6-13-23(28)14-7-20/h4-17H,18H2,1-3H3,(H,29,30,31). The highest BCUT2D eigenvalue weighted by Crippen LogP contribution is 2.20. The third-order valence-electron chi connectivity index (χ3n) is 5.32. The molecule has 7 heteroatoms. The molecule has 0 aliphatic heterocycles. The molecule has 0 saturated heterocycles. The van der Waals surface area contributed by atoms with Crippen LogP contribution in [0.25, 0.3) is 17.5 Å². The summed E-state index contributed by atoms with van der Waals surface area (Å²) in [6.45, 7) is 2.53. The summed E-state index contributed by atoms with van der Waals surface area (Å²) in [5, 5.41) is 8.42. The number of rotatable bonds is 7. The lowest BCUT2D eigenvalue weighted by molar-refractivity contribution is 0.0957. The maximum Gasteiger partial charge on any atom is 0.274 e. The molecule has 0 saturated carbocycles. The van der Waals surface area contributed by atoms with Crippen LogP contribution in [0.15, 0.2) is 78.9 Å². The molecule has 0 amide bonds. The number of aromatic nitrogens is 3. The summed E-state index contributed by atoms with van der Waals surface area (Å²) in [6.07, 6.45) is 3.21. The highest BCUT2D eigenvalue weighted by atomic mass is 35.5. The Bertz CT molecular complexity index is 1290. The quantitative estimate of drug-likeness (QED) is 0.338. The SMILES string of the molecule is Cc1ccc(-c2nc(NCc3ccc(N(C)C)cc3)n(C(=O)C=Cc3ccc(Cl)cc3)n2)cc1. The first-order chi connectivity index (χ1) is 16.4. The maximum atomic E-state index is 13.0. The van der Waals surface area contributed by atoms with Gasteiger partial charge in [-0.1, -0.05) is 65.7 Å². The molecule has 0 aliphatic carbocycles. The normalized spacial score (nSPS) is 11.1. The molecule has 1 heterocycles. The van der Waals surface area contributed by atoms with E-state index in [2.05, 4.69) is 27.5 Å². The molecule has 172 valence electrons. The average Bonchev–Trinajstić information content (AvgIpc) is 3.27. The topological polar surface area (TPSA) is 63.1 Å². The van der Waals surface area contributed by atoms with Gasteiger partial charge in [0.05, 0.1) is 0 Å². The number of hydrogen-bond acceptors (Lipinski definition) is 5. The number of nitrogens with one attached hydrogen (secondary N) is 1. The highest BCUT2D eigenvalue weighted by Gasteiger charge is 2.16. The molecular weight excluding hydrogens is 446 g/mol. The van der Waals surface area contributed by atoms with Crippen molar-refractivity contribution >= 4 is 35.2 Å². The number of hydrogen-bond donors (Lipinski definition) is 1. The molecular formula is C27H26ClN5O. The zero-order chi connectivity index (χ0) is 24.1. The second-order valence-corrected chi connectivity index (χ2v) is 8.61. The van der Waals surface area contributed by atoms with Gasteiger partial charge in [0.25, 0.3) is 5.91 Å². The van der Waals surface area contributed by atoms with Crippen LogP contribution in [0.4, 0.5) is 11.6 Å². The van der Waals surface area contributed by atoms with Gasteiger partial charge in [0.1, 0.15) is 0 Å². The third-order valence-corrected chi connectivity index (χ3v) is 5.57. The van der Waals surface area contributed by atoms with E-state index >= 15 is 0 Å². The Balaban J connectivity index is 1.59. The van der Waals surface area contributed by atoms with Gasteiger partial charge in [-0.05, 0) is 48.4 Å². The van der Waals surface area contributed by atoms with Gasteiger partial charge in [-0.15, -0.1) is 5.10 Å². The Morgan fingerprint density at radius 1 is 1.00 bits per heavy atom. The average molecular weight is 472 g/mol. The highest BCUT2D eigenvalue weighted by molar-refractivity contribution is 6.30. The monoisotopic (exact) mass is 471 g/mol. The third kappa shape index (κ3) is 5.71. The van der Waals surface area contributed by atoms with Crippen LogP contribution in [0.5, 0.6) is 0 Å². The number of aryl methyl sites for hydroxylation is 1. The first-order valence-electron chi connectivity index (χ1n) is 10.9. The number of halogens is 1. The Kier molecular flexibility index (Phi) is 7.09. The first kappa shape index (κ1) is 23.3. The van der Waals surface area contributed by atoms with Crippen LogP contribution in [0.1, 0.15) is 21.5 Å². The summed E-state index contributed by atoms with van der Waals surface area (Å²) in [5.41, 5.74) is 5.05. The molecule has 0 unspecified atom stereocenters. The molecule has 0 spiro atoms. The summed E-state index contributed by atoms with van der Waals surface area (Å²) < 4.78 is 1.30. The van der Waals surface area contributed by atoms with Crippen molar-refractivity contribution in [2.75, 3.05) is 24.3 Å². The van der Waals surface area contributed by atoms with E-state index in [1.807, 2.05) is 74.4 Å². The van der Waals surface area contributed by atoms with Crippen molar-refractivity contribution < 1.29 is 4.79 Å². The van der Waals surface area contributed by atoms with Crippen molar-refractivity contribution in [3.63, 3.8) is 0 Å². The van der Waals surface area contributed by atoms with E-state index in [1.54, 1.807) is 18.2 Å². The van der Waals surface area contributed by atoms with E-state index < -0.39 is 0 Å². The largest absolute Gasteiger partial charge is 0.378 e. The van der Waals surface area contributed by atoms with Crippen molar-refractivity contribution in [3.8, 4) is 11.4 Å². The van der Waals surface area contributed by atoms with Gasteiger partial charge in [-0.2, -0.15) is 9.67 Å². The summed E-state index contributed by atoms with van der Waals surface area (Å²) >= 11 is 5.95. The summed E-state index contributed by atoms with van der Waals surface area (Å²) in [7, 11) is 4.01. The molecule has 4 rings (SSSR count). The van der Waals surface area contributed by atoms with Crippen molar-refractivity contribution in [1.29, 1.82) is 0 Å². The lowest BCUT2D eigenvalue weighted by atomic mass is 10.1. The van der Waals surface area contributed by atoms with Gasteiger partial charge in [0.2, 0.25) is 5.95 Å². The van der Waals surface area contributed by atoms with E-state index in [0.29, 0.717) is 23.3 Å². The van der Waals surface area contributed by atoms with Crippen LogP contribution in [-0.2, 0) is 6.54 Å². The molecule has 1 N–H and O–H groups in total. The van der Waals surface area contributed by atoms with Crippen molar-refractivity contribution in [1.82, 2.24) is 14.8 Å². The molecule has 0 aliphatic rings. The molecule has 6 nitrogen and oxygen atoms in total. The van der Waals surface area contributed by atoms with Crippen molar-refractivity contribution in [2.45, 2.75) is 13.5 Å². The minimum Gasteiger partial charge on any atom is -0.378 e. The number of nitrogens with zero attached hydrogens (tertiary/aromatic N) is 4. The fourth-order valence-corrected chi connectivity index (χ4v) is 3.44. The van der Waals surface area contributed by atoms with Gasteiger partial charge in [0.15, 0.2) is 5.82 Å². The number of carbonyl (C=O) groups is 1. The molecule has 0 bridgehead atoms. The Morgan fingerprint density at radius 2 is 1.68 bits per heavy atom. The van der Waals surface area contributed by atoms with Crippen LogP contribution in [0, 0.1) is 6.92 Å². The zero-order valence-corrected chi connectivity index (χ0v) is 20.1. The van der Waals surface area contributed by atoms with Crippen LogP contribution in [0.2, 0.25) is 5.02 Å². The number of benzene rings is 3. The van der Waals surface area contributed by atoms with E-state index in [1.165, 1.54) is 10.8 Å². The van der Waals surface area contributed by atoms with E-state index in [0.717, 1.165) is 27.9 Å². The molecule has 3 aromatic carbocycles. The number of allylic oxidation sites excluding steroid dienone is 1. The number of carbonyl (C=O) groups excluding carboxylic acids is 1.